The average molecular weight is 256 g/mol. The molecule has 0 spiro atoms. The number of aromatic nitrogens is 1. The van der Waals surface area contributed by atoms with Gasteiger partial charge in [-0.05, 0) is 31.0 Å². The van der Waals surface area contributed by atoms with Crippen LogP contribution >= 0.6 is 0 Å². The Balaban J connectivity index is 1.90. The lowest BCUT2D eigenvalue weighted by Crippen LogP contribution is -2.26. The van der Waals surface area contributed by atoms with E-state index in [0.717, 1.165) is 6.42 Å². The van der Waals surface area contributed by atoms with Crippen molar-refractivity contribution in [1.82, 2.24) is 10.3 Å². The van der Waals surface area contributed by atoms with Crippen molar-refractivity contribution in [1.29, 1.82) is 0 Å². The summed E-state index contributed by atoms with van der Waals surface area (Å²) in [5.74, 6) is -0.457. The molecule has 1 amide bonds. The average Bonchev–Trinajstić information content (AvgIpc) is 2.39. The molecule has 2 N–H and O–H groups in total. The third-order valence-corrected chi connectivity index (χ3v) is 2.78. The molecule has 1 aromatic carbocycles. The minimum Gasteiger partial charge on any atom is -0.505 e. The molecular formula is C15H16N2O2. The Labute approximate surface area is 112 Å². The second-order valence-corrected chi connectivity index (χ2v) is 4.37. The van der Waals surface area contributed by atoms with Crippen LogP contribution in [0.3, 0.4) is 0 Å². The largest absolute Gasteiger partial charge is 0.505 e. The van der Waals surface area contributed by atoms with E-state index in [9.17, 15) is 9.90 Å². The Kier molecular flexibility index (Phi) is 4.13. The van der Waals surface area contributed by atoms with Gasteiger partial charge in [-0.25, -0.2) is 4.98 Å². The second-order valence-electron chi connectivity index (χ2n) is 4.37. The third-order valence-electron chi connectivity index (χ3n) is 2.78. The lowest BCUT2D eigenvalue weighted by molar-refractivity contribution is 0.0946. The molecule has 98 valence electrons. The smallest absolute Gasteiger partial charge is 0.273 e. The lowest BCUT2D eigenvalue weighted by atomic mass is 10.1. The number of aryl methyl sites for hydroxylation is 1. The standard InChI is InChI=1S/C15H16N2O2/c1-11-4-2-5-12(10-11)7-9-17-15(19)14-13(18)6-3-8-16-14/h2-6,8,10,18H,7,9H2,1H3,(H,17,19). The number of pyridine rings is 1. The fourth-order valence-electron chi connectivity index (χ4n) is 1.84. The minimum atomic E-state index is -0.356. The highest BCUT2D eigenvalue weighted by atomic mass is 16.3. The van der Waals surface area contributed by atoms with Crippen molar-refractivity contribution < 1.29 is 9.90 Å². The summed E-state index contributed by atoms with van der Waals surface area (Å²) in [6.45, 7) is 2.55. The first-order valence-corrected chi connectivity index (χ1v) is 6.14. The monoisotopic (exact) mass is 256 g/mol. The van der Waals surface area contributed by atoms with Crippen molar-refractivity contribution in [3.05, 3.63) is 59.4 Å². The van der Waals surface area contributed by atoms with Crippen LogP contribution in [0.5, 0.6) is 5.75 Å². The number of rotatable bonds is 4. The Morgan fingerprint density at radius 1 is 1.32 bits per heavy atom. The number of nitrogens with one attached hydrogen (secondary N) is 1. The number of amides is 1. The zero-order chi connectivity index (χ0) is 13.7. The number of carbonyl (C=O) groups is 1. The van der Waals surface area contributed by atoms with Gasteiger partial charge in [-0.1, -0.05) is 29.8 Å². The zero-order valence-corrected chi connectivity index (χ0v) is 10.8. The zero-order valence-electron chi connectivity index (χ0n) is 10.8. The summed E-state index contributed by atoms with van der Waals surface area (Å²) in [4.78, 5) is 15.6. The Hall–Kier alpha value is -2.36. The number of benzene rings is 1. The highest BCUT2D eigenvalue weighted by Gasteiger charge is 2.10. The van der Waals surface area contributed by atoms with E-state index in [1.807, 2.05) is 25.1 Å². The molecule has 0 aliphatic rings. The fourth-order valence-corrected chi connectivity index (χ4v) is 1.84. The van der Waals surface area contributed by atoms with Crippen LogP contribution in [0.2, 0.25) is 0 Å². The number of aromatic hydroxyl groups is 1. The second kappa shape index (κ2) is 6.00. The first kappa shape index (κ1) is 13.1. The Morgan fingerprint density at radius 3 is 2.89 bits per heavy atom. The van der Waals surface area contributed by atoms with E-state index in [2.05, 4.69) is 16.4 Å². The molecule has 1 heterocycles. The van der Waals surface area contributed by atoms with Crippen LogP contribution in [0.4, 0.5) is 0 Å². The highest BCUT2D eigenvalue weighted by molar-refractivity contribution is 5.94. The molecule has 0 bridgehead atoms. The molecule has 0 atom stereocenters. The maximum absolute atomic E-state index is 11.8. The number of nitrogens with zero attached hydrogens (tertiary/aromatic N) is 1. The van der Waals surface area contributed by atoms with Gasteiger partial charge >= 0.3 is 0 Å². The molecule has 0 unspecified atom stereocenters. The SMILES string of the molecule is Cc1cccc(CCNC(=O)c2ncccc2O)c1. The van der Waals surface area contributed by atoms with Crippen LogP contribution < -0.4 is 5.32 Å². The van der Waals surface area contributed by atoms with E-state index in [4.69, 9.17) is 0 Å². The predicted octanol–water partition coefficient (Wildman–Crippen LogP) is 2.07. The number of carbonyl (C=O) groups excluding carboxylic acids is 1. The Bertz CT molecular complexity index is 582. The Morgan fingerprint density at radius 2 is 2.16 bits per heavy atom. The van der Waals surface area contributed by atoms with Gasteiger partial charge in [0.05, 0.1) is 0 Å². The molecule has 1 aromatic heterocycles. The summed E-state index contributed by atoms with van der Waals surface area (Å²) in [6.07, 6.45) is 2.23. The maximum atomic E-state index is 11.8. The van der Waals surface area contributed by atoms with Gasteiger partial charge in [-0.2, -0.15) is 0 Å². The molecule has 0 aliphatic heterocycles. The molecule has 2 aromatic rings. The van der Waals surface area contributed by atoms with Crippen molar-refractivity contribution in [2.24, 2.45) is 0 Å². The van der Waals surface area contributed by atoms with Crippen LogP contribution in [0.1, 0.15) is 21.6 Å². The van der Waals surface area contributed by atoms with E-state index < -0.39 is 0 Å². The van der Waals surface area contributed by atoms with E-state index in [0.29, 0.717) is 6.54 Å². The van der Waals surface area contributed by atoms with Crippen LogP contribution in [0, 0.1) is 6.92 Å². The predicted molar refractivity (Wildman–Crippen MR) is 73.1 cm³/mol. The fraction of sp³-hybridized carbons (Fsp3) is 0.200. The van der Waals surface area contributed by atoms with Crippen LogP contribution in [-0.4, -0.2) is 22.5 Å². The molecular weight excluding hydrogens is 240 g/mol. The summed E-state index contributed by atoms with van der Waals surface area (Å²) in [6, 6.07) is 11.2. The van der Waals surface area contributed by atoms with Crippen LogP contribution in [0.15, 0.2) is 42.6 Å². The summed E-state index contributed by atoms with van der Waals surface area (Å²) < 4.78 is 0. The van der Waals surface area contributed by atoms with E-state index in [-0.39, 0.29) is 17.4 Å². The van der Waals surface area contributed by atoms with Gasteiger partial charge in [-0.3, -0.25) is 4.79 Å². The van der Waals surface area contributed by atoms with Crippen LogP contribution in [0.25, 0.3) is 0 Å². The molecule has 19 heavy (non-hydrogen) atoms. The van der Waals surface area contributed by atoms with Crippen molar-refractivity contribution in [2.45, 2.75) is 13.3 Å². The van der Waals surface area contributed by atoms with Gasteiger partial charge in [0.1, 0.15) is 5.75 Å². The normalized spacial score (nSPS) is 10.2. The van der Waals surface area contributed by atoms with Crippen molar-refractivity contribution in [3.63, 3.8) is 0 Å². The third kappa shape index (κ3) is 3.55. The quantitative estimate of drug-likeness (QED) is 0.880. The van der Waals surface area contributed by atoms with Crippen molar-refractivity contribution in [3.8, 4) is 5.75 Å². The molecule has 0 saturated heterocycles. The molecule has 0 radical (unpaired) electrons. The molecule has 2 rings (SSSR count). The molecule has 0 aliphatic carbocycles. The van der Waals surface area contributed by atoms with E-state index in [1.165, 1.54) is 23.4 Å². The molecule has 4 nitrogen and oxygen atoms in total. The minimum absolute atomic E-state index is 0.0618. The molecule has 0 saturated carbocycles. The first-order valence-electron chi connectivity index (χ1n) is 6.14. The first-order chi connectivity index (χ1) is 9.16. The summed E-state index contributed by atoms with van der Waals surface area (Å²) in [5, 5.41) is 12.3. The number of hydrogen-bond acceptors (Lipinski definition) is 3. The van der Waals surface area contributed by atoms with Gasteiger partial charge in [0.25, 0.3) is 5.91 Å². The van der Waals surface area contributed by atoms with Gasteiger partial charge in [0, 0.05) is 12.7 Å². The van der Waals surface area contributed by atoms with Gasteiger partial charge in [-0.15, -0.1) is 0 Å². The van der Waals surface area contributed by atoms with E-state index in [1.54, 1.807) is 6.07 Å². The summed E-state index contributed by atoms with van der Waals surface area (Å²) >= 11 is 0. The highest BCUT2D eigenvalue weighted by Crippen LogP contribution is 2.12. The van der Waals surface area contributed by atoms with E-state index >= 15 is 0 Å². The molecule has 4 heteroatoms. The van der Waals surface area contributed by atoms with Crippen LogP contribution in [-0.2, 0) is 6.42 Å². The number of hydrogen-bond donors (Lipinski definition) is 2. The van der Waals surface area contributed by atoms with Crippen molar-refractivity contribution in [2.75, 3.05) is 6.54 Å². The summed E-state index contributed by atoms with van der Waals surface area (Å²) in [7, 11) is 0. The topological polar surface area (TPSA) is 62.2 Å². The van der Waals surface area contributed by atoms with Gasteiger partial charge in [0.2, 0.25) is 0 Å². The van der Waals surface area contributed by atoms with Crippen molar-refractivity contribution >= 4 is 5.91 Å². The van der Waals surface area contributed by atoms with Gasteiger partial charge in [0.15, 0.2) is 5.69 Å². The lowest BCUT2D eigenvalue weighted by Gasteiger charge is -2.06. The maximum Gasteiger partial charge on any atom is 0.273 e. The van der Waals surface area contributed by atoms with Gasteiger partial charge < -0.3 is 10.4 Å². The molecule has 0 fully saturated rings. The summed E-state index contributed by atoms with van der Waals surface area (Å²) in [5.41, 5.74) is 2.43.